The number of H-pyrrole nitrogens is 1. The molecule has 0 saturated carbocycles. The molecule has 4 aromatic rings. The summed E-state index contributed by atoms with van der Waals surface area (Å²) in [5.41, 5.74) is 1.90. The lowest BCUT2D eigenvalue weighted by Gasteiger charge is -2.19. The van der Waals surface area contributed by atoms with Crippen molar-refractivity contribution in [2.45, 2.75) is 4.21 Å². The van der Waals surface area contributed by atoms with E-state index in [1.807, 2.05) is 11.4 Å². The smallest absolute Gasteiger partial charge is 0.273 e. The van der Waals surface area contributed by atoms with Crippen LogP contribution >= 0.6 is 34.3 Å². The Kier molecular flexibility index (Phi) is 4.07. The average Bonchev–Trinajstić information content (AvgIpc) is 3.35. The molecule has 1 N–H and O–H groups in total. The van der Waals surface area contributed by atoms with Crippen LogP contribution in [0, 0.1) is 0 Å². The Hall–Kier alpha value is -1.87. The molecule has 0 fully saturated rings. The second-order valence-corrected chi connectivity index (χ2v) is 9.67. The maximum atomic E-state index is 12.8. The van der Waals surface area contributed by atoms with Crippen molar-refractivity contribution in [1.29, 1.82) is 0 Å². The fraction of sp³-hybridized carbons (Fsp3) is 0.0625. The Morgan fingerprint density at radius 1 is 1.16 bits per heavy atom. The van der Waals surface area contributed by atoms with Crippen LogP contribution in [0.3, 0.4) is 0 Å². The first-order chi connectivity index (χ1) is 12.0. The Balaban J connectivity index is 1.90. The second-order valence-electron chi connectivity index (χ2n) is 5.26. The number of hydrogen-bond donors (Lipinski definition) is 1. The highest BCUT2D eigenvalue weighted by atomic mass is 35.5. The molecule has 0 bridgehead atoms. The number of rotatable bonds is 4. The monoisotopic (exact) mass is 409 g/mol. The SMILES string of the molecule is CN(c1cccc2c(Cl)c(-c3nccs3)[nH]c12)S(=O)(=O)c1cccs1. The van der Waals surface area contributed by atoms with Crippen LogP contribution in [0.25, 0.3) is 21.6 Å². The number of hydrogen-bond acceptors (Lipinski definition) is 5. The molecule has 1 aromatic carbocycles. The highest BCUT2D eigenvalue weighted by Gasteiger charge is 2.25. The number of thiazole rings is 1. The van der Waals surface area contributed by atoms with E-state index < -0.39 is 10.0 Å². The molecule has 128 valence electrons. The molecule has 0 aliphatic rings. The van der Waals surface area contributed by atoms with Crippen LogP contribution in [0.15, 0.2) is 51.5 Å². The molecule has 9 heteroatoms. The Bertz CT molecular complexity index is 1130. The average molecular weight is 410 g/mol. The van der Waals surface area contributed by atoms with Gasteiger partial charge in [-0.05, 0) is 17.5 Å². The standard InChI is InChI=1S/C16H12ClN3O2S3/c1-20(25(21,22)12-6-3-8-23-12)11-5-2-4-10-13(17)15(19-14(10)11)16-18-7-9-24-16/h2-9,19H,1H3. The summed E-state index contributed by atoms with van der Waals surface area (Å²) in [5.74, 6) is 0. The number of aromatic amines is 1. The number of anilines is 1. The van der Waals surface area contributed by atoms with Crippen molar-refractivity contribution < 1.29 is 8.42 Å². The molecule has 3 aromatic heterocycles. The summed E-state index contributed by atoms with van der Waals surface area (Å²) < 4.78 is 27.2. The van der Waals surface area contributed by atoms with E-state index in [1.54, 1.807) is 42.9 Å². The maximum absolute atomic E-state index is 12.8. The first-order valence-electron chi connectivity index (χ1n) is 7.22. The highest BCUT2D eigenvalue weighted by molar-refractivity contribution is 7.94. The summed E-state index contributed by atoms with van der Waals surface area (Å²) in [4.78, 5) is 7.53. The van der Waals surface area contributed by atoms with Crippen LogP contribution in [0.2, 0.25) is 5.02 Å². The van der Waals surface area contributed by atoms with E-state index in [0.717, 1.165) is 10.4 Å². The third-order valence-corrected chi connectivity index (χ3v) is 8.17. The molecule has 0 spiro atoms. The van der Waals surface area contributed by atoms with E-state index in [-0.39, 0.29) is 0 Å². The summed E-state index contributed by atoms with van der Waals surface area (Å²) in [7, 11) is -2.08. The van der Waals surface area contributed by atoms with Gasteiger partial charge in [-0.2, -0.15) is 0 Å². The van der Waals surface area contributed by atoms with E-state index in [2.05, 4.69) is 9.97 Å². The summed E-state index contributed by atoms with van der Waals surface area (Å²) in [6, 6.07) is 8.73. The minimum absolute atomic E-state index is 0.296. The van der Waals surface area contributed by atoms with E-state index in [4.69, 9.17) is 11.6 Å². The molecule has 0 amide bonds. The van der Waals surface area contributed by atoms with Gasteiger partial charge in [-0.25, -0.2) is 13.4 Å². The van der Waals surface area contributed by atoms with Gasteiger partial charge in [0.25, 0.3) is 10.0 Å². The number of benzene rings is 1. The van der Waals surface area contributed by atoms with Crippen molar-refractivity contribution in [1.82, 2.24) is 9.97 Å². The van der Waals surface area contributed by atoms with Gasteiger partial charge < -0.3 is 4.98 Å². The zero-order valence-corrected chi connectivity index (χ0v) is 16.1. The van der Waals surface area contributed by atoms with Crippen LogP contribution in [0.5, 0.6) is 0 Å². The Morgan fingerprint density at radius 2 is 2.00 bits per heavy atom. The van der Waals surface area contributed by atoms with Crippen LogP contribution in [-0.4, -0.2) is 25.4 Å². The number of nitrogens with zero attached hydrogens (tertiary/aromatic N) is 2. The highest BCUT2D eigenvalue weighted by Crippen LogP contribution is 2.39. The molecule has 0 unspecified atom stereocenters. The minimum atomic E-state index is -3.62. The summed E-state index contributed by atoms with van der Waals surface area (Å²) in [6.45, 7) is 0. The van der Waals surface area contributed by atoms with Crippen molar-refractivity contribution in [2.24, 2.45) is 0 Å². The molecule has 5 nitrogen and oxygen atoms in total. The number of halogens is 1. The molecule has 0 saturated heterocycles. The number of sulfonamides is 1. The fourth-order valence-electron chi connectivity index (χ4n) is 2.60. The Labute approximate surface area is 157 Å². The number of fused-ring (bicyclic) bond motifs is 1. The lowest BCUT2D eigenvalue weighted by molar-refractivity contribution is 0.596. The first-order valence-corrected chi connectivity index (χ1v) is 10.8. The number of aromatic nitrogens is 2. The van der Waals surface area contributed by atoms with Crippen LogP contribution in [-0.2, 0) is 10.0 Å². The second kappa shape index (κ2) is 6.14. The van der Waals surface area contributed by atoms with E-state index in [0.29, 0.717) is 26.1 Å². The first kappa shape index (κ1) is 16.6. The molecule has 0 radical (unpaired) electrons. The predicted octanol–water partition coefficient (Wildman–Crippen LogP) is 4.83. The lowest BCUT2D eigenvalue weighted by Crippen LogP contribution is -2.26. The Morgan fingerprint density at radius 3 is 2.68 bits per heavy atom. The molecule has 0 aliphatic carbocycles. The topological polar surface area (TPSA) is 66.1 Å². The van der Waals surface area contributed by atoms with Gasteiger partial charge in [0.15, 0.2) is 0 Å². The van der Waals surface area contributed by atoms with Crippen LogP contribution < -0.4 is 4.31 Å². The quantitative estimate of drug-likeness (QED) is 0.524. The van der Waals surface area contributed by atoms with Gasteiger partial charge in [0, 0.05) is 24.0 Å². The summed E-state index contributed by atoms with van der Waals surface area (Å²) in [6.07, 6.45) is 1.70. The summed E-state index contributed by atoms with van der Waals surface area (Å²) >= 11 is 9.17. The van der Waals surface area contributed by atoms with Crippen molar-refractivity contribution >= 4 is 60.9 Å². The van der Waals surface area contributed by atoms with E-state index in [9.17, 15) is 8.42 Å². The van der Waals surface area contributed by atoms with Gasteiger partial charge in [-0.3, -0.25) is 4.31 Å². The van der Waals surface area contributed by atoms with Crippen molar-refractivity contribution in [3.05, 3.63) is 52.3 Å². The molecule has 0 aliphatic heterocycles. The zero-order valence-electron chi connectivity index (χ0n) is 12.9. The van der Waals surface area contributed by atoms with E-state index >= 15 is 0 Å². The fourth-order valence-corrected chi connectivity index (χ4v) is 5.96. The van der Waals surface area contributed by atoms with Crippen molar-refractivity contribution in [3.8, 4) is 10.7 Å². The van der Waals surface area contributed by atoms with E-state index in [1.165, 1.54) is 27.0 Å². The zero-order chi connectivity index (χ0) is 17.6. The van der Waals surface area contributed by atoms with Crippen LogP contribution in [0.4, 0.5) is 5.69 Å². The van der Waals surface area contributed by atoms with Crippen molar-refractivity contribution in [2.75, 3.05) is 11.4 Å². The van der Waals surface area contributed by atoms with Gasteiger partial charge in [0.1, 0.15) is 9.22 Å². The molecule has 25 heavy (non-hydrogen) atoms. The third kappa shape index (κ3) is 2.65. The van der Waals surface area contributed by atoms with Gasteiger partial charge in [0.05, 0.1) is 21.9 Å². The number of thiophene rings is 1. The van der Waals surface area contributed by atoms with Gasteiger partial charge >= 0.3 is 0 Å². The molecular weight excluding hydrogens is 398 g/mol. The lowest BCUT2D eigenvalue weighted by atomic mass is 10.2. The largest absolute Gasteiger partial charge is 0.350 e. The van der Waals surface area contributed by atoms with Gasteiger partial charge in [-0.15, -0.1) is 22.7 Å². The molecular formula is C16H12ClN3O2S3. The normalized spacial score (nSPS) is 11.9. The van der Waals surface area contributed by atoms with Gasteiger partial charge in [0.2, 0.25) is 0 Å². The molecule has 3 heterocycles. The number of para-hydroxylation sites is 1. The maximum Gasteiger partial charge on any atom is 0.273 e. The van der Waals surface area contributed by atoms with Gasteiger partial charge in [-0.1, -0.05) is 29.8 Å². The third-order valence-electron chi connectivity index (χ3n) is 3.84. The summed E-state index contributed by atoms with van der Waals surface area (Å²) in [5, 5.41) is 5.67. The van der Waals surface area contributed by atoms with Crippen LogP contribution in [0.1, 0.15) is 0 Å². The van der Waals surface area contributed by atoms with Crippen molar-refractivity contribution in [3.63, 3.8) is 0 Å². The molecule has 4 rings (SSSR count). The minimum Gasteiger partial charge on any atom is -0.350 e. The molecule has 0 atom stereocenters. The predicted molar refractivity (Wildman–Crippen MR) is 104 cm³/mol. The number of nitrogens with one attached hydrogen (secondary N) is 1.